The van der Waals surface area contributed by atoms with Gasteiger partial charge in [-0.25, -0.2) is 0 Å². The normalized spacial score (nSPS) is 15.6. The molecule has 5 heteroatoms. The van der Waals surface area contributed by atoms with Crippen LogP contribution in [-0.4, -0.2) is 37.0 Å². The second-order valence-corrected chi connectivity index (χ2v) is 7.63. The maximum atomic E-state index is 12.2. The topological polar surface area (TPSA) is 41.6 Å². The molecule has 3 rings (SSSR count). The van der Waals surface area contributed by atoms with Gasteiger partial charge in [0, 0.05) is 11.0 Å². The molecule has 1 atom stereocenters. The summed E-state index contributed by atoms with van der Waals surface area (Å²) < 4.78 is 6.54. The number of halogens is 1. The number of aryl methyl sites for hydroxylation is 1. The van der Waals surface area contributed by atoms with Crippen molar-refractivity contribution in [3.63, 3.8) is 0 Å². The quantitative estimate of drug-likeness (QED) is 0.738. The van der Waals surface area contributed by atoms with Crippen LogP contribution in [0.2, 0.25) is 0 Å². The molecule has 1 amide bonds. The third kappa shape index (κ3) is 5.32. The van der Waals surface area contributed by atoms with Crippen molar-refractivity contribution in [2.75, 3.05) is 26.2 Å². The van der Waals surface area contributed by atoms with Crippen molar-refractivity contribution < 1.29 is 9.53 Å². The van der Waals surface area contributed by atoms with Gasteiger partial charge in [-0.2, -0.15) is 0 Å². The molecule has 138 valence electrons. The van der Waals surface area contributed by atoms with E-state index in [1.54, 1.807) is 0 Å². The molecule has 4 nitrogen and oxygen atoms in total. The van der Waals surface area contributed by atoms with Gasteiger partial charge in [0.25, 0.3) is 5.91 Å². The molecule has 1 heterocycles. The van der Waals surface area contributed by atoms with Crippen LogP contribution in [0.25, 0.3) is 0 Å². The summed E-state index contributed by atoms with van der Waals surface area (Å²) in [5.74, 6) is 0.599. The van der Waals surface area contributed by atoms with Gasteiger partial charge >= 0.3 is 0 Å². The van der Waals surface area contributed by atoms with Gasteiger partial charge in [-0.3, -0.25) is 9.69 Å². The largest absolute Gasteiger partial charge is 0.484 e. The Morgan fingerprint density at radius 1 is 1.12 bits per heavy atom. The van der Waals surface area contributed by atoms with E-state index in [1.165, 1.54) is 24.0 Å². The van der Waals surface area contributed by atoms with Gasteiger partial charge in [-0.1, -0.05) is 45.8 Å². The number of nitrogens with one attached hydrogen (secondary N) is 1. The zero-order chi connectivity index (χ0) is 18.4. The molecular weight excluding hydrogens is 392 g/mol. The second kappa shape index (κ2) is 9.19. The molecule has 2 aromatic rings. The molecule has 0 unspecified atom stereocenters. The lowest BCUT2D eigenvalue weighted by Gasteiger charge is -2.28. The molecule has 1 saturated heterocycles. The predicted octanol–water partition coefficient (Wildman–Crippen LogP) is 4.09. The number of carbonyl (C=O) groups excluding carboxylic acids is 1. The number of carbonyl (C=O) groups is 1. The minimum Gasteiger partial charge on any atom is -0.484 e. The molecule has 1 aliphatic heterocycles. The van der Waals surface area contributed by atoms with Gasteiger partial charge < -0.3 is 10.1 Å². The van der Waals surface area contributed by atoms with E-state index < -0.39 is 0 Å². The monoisotopic (exact) mass is 416 g/mol. The molecule has 2 aromatic carbocycles. The molecule has 0 saturated carbocycles. The molecule has 0 aromatic heterocycles. The van der Waals surface area contributed by atoms with Gasteiger partial charge in [0.2, 0.25) is 0 Å². The molecule has 0 radical (unpaired) electrons. The van der Waals surface area contributed by atoms with Crippen LogP contribution in [0.15, 0.2) is 53.0 Å². The summed E-state index contributed by atoms with van der Waals surface area (Å²) in [6.45, 7) is 4.90. The first kappa shape index (κ1) is 18.9. The predicted molar refractivity (Wildman–Crippen MR) is 107 cm³/mol. The SMILES string of the molecule is Cc1ccc([C@H](CNC(=O)COc2ccc(Br)cc2)N2CCCC2)cc1. The second-order valence-electron chi connectivity index (χ2n) is 6.72. The summed E-state index contributed by atoms with van der Waals surface area (Å²) in [6, 6.07) is 16.3. The van der Waals surface area contributed by atoms with Gasteiger partial charge in [-0.05, 0) is 62.7 Å². The summed E-state index contributed by atoms with van der Waals surface area (Å²) in [5.41, 5.74) is 2.51. The van der Waals surface area contributed by atoms with Crippen molar-refractivity contribution in [1.29, 1.82) is 0 Å². The van der Waals surface area contributed by atoms with Crippen LogP contribution < -0.4 is 10.1 Å². The van der Waals surface area contributed by atoms with Crippen molar-refractivity contribution in [2.24, 2.45) is 0 Å². The zero-order valence-electron chi connectivity index (χ0n) is 15.1. The fourth-order valence-electron chi connectivity index (χ4n) is 3.24. The Morgan fingerprint density at radius 2 is 1.77 bits per heavy atom. The smallest absolute Gasteiger partial charge is 0.258 e. The molecule has 0 aliphatic carbocycles. The van der Waals surface area contributed by atoms with Gasteiger partial charge in [-0.15, -0.1) is 0 Å². The summed E-state index contributed by atoms with van der Waals surface area (Å²) in [4.78, 5) is 14.7. The summed E-state index contributed by atoms with van der Waals surface area (Å²) in [6.07, 6.45) is 2.45. The van der Waals surface area contributed by atoms with Crippen molar-refractivity contribution in [2.45, 2.75) is 25.8 Å². The Kier molecular flexibility index (Phi) is 6.69. The van der Waals surface area contributed by atoms with Crippen LogP contribution in [0.4, 0.5) is 0 Å². The Balaban J connectivity index is 1.55. The fraction of sp³-hybridized carbons (Fsp3) is 0.381. The lowest BCUT2D eigenvalue weighted by molar-refractivity contribution is -0.123. The van der Waals surface area contributed by atoms with Crippen molar-refractivity contribution >= 4 is 21.8 Å². The van der Waals surface area contributed by atoms with E-state index in [1.807, 2.05) is 24.3 Å². The van der Waals surface area contributed by atoms with E-state index in [9.17, 15) is 4.79 Å². The number of benzene rings is 2. The standard InChI is InChI=1S/C21H25BrN2O2/c1-16-4-6-17(7-5-16)20(24-12-2-3-13-24)14-23-21(25)15-26-19-10-8-18(22)9-11-19/h4-11,20H,2-3,12-15H2,1H3,(H,23,25)/t20-/m0/s1. The lowest BCUT2D eigenvalue weighted by Crippen LogP contribution is -2.38. The number of ether oxygens (including phenoxy) is 1. The van der Waals surface area contributed by atoms with Crippen molar-refractivity contribution in [3.8, 4) is 5.75 Å². The number of likely N-dealkylation sites (tertiary alicyclic amines) is 1. The first-order chi connectivity index (χ1) is 12.6. The number of hydrogen-bond acceptors (Lipinski definition) is 3. The van der Waals surface area contributed by atoms with Crippen molar-refractivity contribution in [3.05, 3.63) is 64.1 Å². The Bertz CT molecular complexity index is 710. The summed E-state index contributed by atoms with van der Waals surface area (Å²) >= 11 is 3.39. The van der Waals surface area contributed by atoms with E-state index in [0.29, 0.717) is 12.3 Å². The van der Waals surface area contributed by atoms with Crippen LogP contribution in [0, 0.1) is 6.92 Å². The van der Waals surface area contributed by atoms with Gasteiger partial charge in [0.05, 0.1) is 6.04 Å². The van der Waals surface area contributed by atoms with Gasteiger partial charge in [0.1, 0.15) is 5.75 Å². The highest BCUT2D eigenvalue weighted by Gasteiger charge is 2.23. The highest BCUT2D eigenvalue weighted by molar-refractivity contribution is 9.10. The molecular formula is C21H25BrN2O2. The molecule has 1 fully saturated rings. The Morgan fingerprint density at radius 3 is 2.42 bits per heavy atom. The van der Waals surface area contributed by atoms with Crippen LogP contribution >= 0.6 is 15.9 Å². The van der Waals surface area contributed by atoms with E-state index in [4.69, 9.17) is 4.74 Å². The molecule has 1 aliphatic rings. The number of nitrogens with zero attached hydrogens (tertiary/aromatic N) is 1. The van der Waals surface area contributed by atoms with E-state index in [-0.39, 0.29) is 18.6 Å². The zero-order valence-corrected chi connectivity index (χ0v) is 16.7. The Hall–Kier alpha value is -1.85. The van der Waals surface area contributed by atoms with E-state index >= 15 is 0 Å². The first-order valence-corrected chi connectivity index (χ1v) is 9.87. The Labute approximate surface area is 163 Å². The van der Waals surface area contributed by atoms with Gasteiger partial charge in [0.15, 0.2) is 6.61 Å². The van der Waals surface area contributed by atoms with Crippen LogP contribution in [0.3, 0.4) is 0 Å². The third-order valence-electron chi connectivity index (χ3n) is 4.72. The molecule has 0 bridgehead atoms. The summed E-state index contributed by atoms with van der Waals surface area (Å²) in [7, 11) is 0. The minimum atomic E-state index is -0.0933. The maximum Gasteiger partial charge on any atom is 0.258 e. The average Bonchev–Trinajstić information content (AvgIpc) is 3.17. The number of rotatable bonds is 7. The average molecular weight is 417 g/mol. The van der Waals surface area contributed by atoms with Crippen LogP contribution in [0.1, 0.15) is 30.0 Å². The fourth-order valence-corrected chi connectivity index (χ4v) is 3.51. The van der Waals surface area contributed by atoms with E-state index in [2.05, 4.69) is 57.3 Å². The highest BCUT2D eigenvalue weighted by Crippen LogP contribution is 2.25. The van der Waals surface area contributed by atoms with Crippen molar-refractivity contribution in [1.82, 2.24) is 10.2 Å². The van der Waals surface area contributed by atoms with E-state index in [0.717, 1.165) is 17.6 Å². The highest BCUT2D eigenvalue weighted by atomic mass is 79.9. The minimum absolute atomic E-state index is 0.0300. The van der Waals surface area contributed by atoms with Crippen LogP contribution in [0.5, 0.6) is 5.75 Å². The summed E-state index contributed by atoms with van der Waals surface area (Å²) in [5, 5.41) is 3.04. The van der Waals surface area contributed by atoms with Crippen LogP contribution in [-0.2, 0) is 4.79 Å². The molecule has 26 heavy (non-hydrogen) atoms. The first-order valence-electron chi connectivity index (χ1n) is 9.07. The number of hydrogen-bond donors (Lipinski definition) is 1. The molecule has 1 N–H and O–H groups in total. The third-order valence-corrected chi connectivity index (χ3v) is 5.25. The number of amides is 1. The maximum absolute atomic E-state index is 12.2. The lowest BCUT2D eigenvalue weighted by atomic mass is 10.0. The molecule has 0 spiro atoms.